The third-order valence-corrected chi connectivity index (χ3v) is 8.31. The lowest BCUT2D eigenvalue weighted by molar-refractivity contribution is -0.193. The number of carbonyl (C=O) groups is 4. The van der Waals surface area contributed by atoms with E-state index in [2.05, 4.69) is 41.6 Å². The number of carbonyl (C=O) groups excluding carboxylic acids is 2. The summed E-state index contributed by atoms with van der Waals surface area (Å²) in [4.78, 5) is 54.9. The van der Waals surface area contributed by atoms with Gasteiger partial charge >= 0.3 is 24.3 Å². The van der Waals surface area contributed by atoms with Gasteiger partial charge in [-0.05, 0) is 69.7 Å². The number of carboxylic acids is 2. The fourth-order valence-electron chi connectivity index (χ4n) is 6.16. The predicted molar refractivity (Wildman–Crippen MR) is 149 cm³/mol. The average Bonchev–Trinajstić information content (AvgIpc) is 3.16. The summed E-state index contributed by atoms with van der Waals surface area (Å²) in [7, 11) is 0. The molecule has 16 heteroatoms. The van der Waals surface area contributed by atoms with Crippen LogP contribution in [0.25, 0.3) is 0 Å². The van der Waals surface area contributed by atoms with Gasteiger partial charge in [0.05, 0.1) is 5.41 Å². The van der Waals surface area contributed by atoms with Crippen LogP contribution in [0.3, 0.4) is 0 Å². The second kappa shape index (κ2) is 15.2. The second-order valence-corrected chi connectivity index (χ2v) is 12.0. The zero-order chi connectivity index (χ0) is 34.2. The van der Waals surface area contributed by atoms with Crippen LogP contribution in [0.2, 0.25) is 0 Å². The Bertz CT molecular complexity index is 1140. The summed E-state index contributed by atoms with van der Waals surface area (Å²) < 4.78 is 63.5. The standard InChI is InChI=1S/C25H38N4O2.2C2HF3O2/c1-4-29-23(31)24(7-12-27(13-8-24)18-21-6-5-11-26-17-21)19-25(29)9-14-28(15-10-25)22(30)16-20(2)3;2*3-2(4,5)1(6)7/h5-6,11,17,20H,4,7-10,12-16,18-19H2,1-3H3;2*(H,6,7). The number of pyridine rings is 1. The van der Waals surface area contributed by atoms with E-state index < -0.39 is 24.3 Å². The van der Waals surface area contributed by atoms with Crippen LogP contribution >= 0.6 is 0 Å². The minimum absolute atomic E-state index is 0.0496. The molecule has 2 amide bonds. The number of halogens is 6. The summed E-state index contributed by atoms with van der Waals surface area (Å²) in [5.41, 5.74) is 0.985. The molecule has 254 valence electrons. The zero-order valence-corrected chi connectivity index (χ0v) is 25.5. The molecule has 0 atom stereocenters. The molecule has 2 N–H and O–H groups in total. The number of aromatic nitrogens is 1. The van der Waals surface area contributed by atoms with E-state index in [1.54, 1.807) is 0 Å². The highest BCUT2D eigenvalue weighted by Crippen LogP contribution is 2.52. The van der Waals surface area contributed by atoms with Crippen LogP contribution in [0, 0.1) is 11.3 Å². The molecule has 1 aromatic rings. The molecule has 0 aliphatic carbocycles. The van der Waals surface area contributed by atoms with Crippen LogP contribution in [0.1, 0.15) is 64.9 Å². The van der Waals surface area contributed by atoms with Crippen LogP contribution in [-0.4, -0.2) is 104 Å². The molecule has 0 saturated carbocycles. The maximum Gasteiger partial charge on any atom is 0.490 e. The van der Waals surface area contributed by atoms with Crippen molar-refractivity contribution in [3.63, 3.8) is 0 Å². The van der Waals surface area contributed by atoms with E-state index in [9.17, 15) is 35.9 Å². The predicted octanol–water partition coefficient (Wildman–Crippen LogP) is 4.59. The van der Waals surface area contributed by atoms with Gasteiger partial charge in [0.1, 0.15) is 0 Å². The lowest BCUT2D eigenvalue weighted by Gasteiger charge is -2.45. The van der Waals surface area contributed by atoms with Crippen LogP contribution in [0.15, 0.2) is 24.5 Å². The molecule has 3 fully saturated rings. The molecule has 0 radical (unpaired) electrons. The second-order valence-electron chi connectivity index (χ2n) is 12.0. The number of amides is 2. The van der Waals surface area contributed by atoms with Crippen molar-refractivity contribution in [1.29, 1.82) is 0 Å². The lowest BCUT2D eigenvalue weighted by atomic mass is 9.71. The summed E-state index contributed by atoms with van der Waals surface area (Å²) in [6.07, 6.45) is -1.07. The quantitative estimate of drug-likeness (QED) is 0.441. The minimum Gasteiger partial charge on any atom is -0.475 e. The number of hydrogen-bond donors (Lipinski definition) is 2. The number of aliphatic carboxylic acids is 2. The summed E-state index contributed by atoms with van der Waals surface area (Å²) in [5.74, 6) is -4.47. The highest BCUT2D eigenvalue weighted by atomic mass is 19.4. The van der Waals surface area contributed by atoms with Gasteiger partial charge in [0.25, 0.3) is 0 Å². The Morgan fingerprint density at radius 2 is 1.44 bits per heavy atom. The molecule has 3 aliphatic rings. The van der Waals surface area contributed by atoms with E-state index in [0.29, 0.717) is 18.2 Å². The van der Waals surface area contributed by atoms with E-state index >= 15 is 0 Å². The van der Waals surface area contributed by atoms with Crippen molar-refractivity contribution in [2.45, 2.75) is 83.7 Å². The molecular formula is C29H40F6N4O6. The normalized spacial score (nSPS) is 19.6. The number of hydrogen-bond acceptors (Lipinski definition) is 6. The van der Waals surface area contributed by atoms with Gasteiger partial charge in [0.15, 0.2) is 0 Å². The molecule has 3 saturated heterocycles. The van der Waals surface area contributed by atoms with Crippen molar-refractivity contribution in [1.82, 2.24) is 19.7 Å². The Kier molecular flexibility index (Phi) is 12.8. The highest BCUT2D eigenvalue weighted by Gasteiger charge is 2.59. The molecule has 1 aromatic heterocycles. The van der Waals surface area contributed by atoms with Crippen molar-refractivity contribution in [3.05, 3.63) is 30.1 Å². The maximum absolute atomic E-state index is 13.6. The molecule has 4 rings (SSSR count). The molecule has 0 bridgehead atoms. The van der Waals surface area contributed by atoms with Gasteiger partial charge in [0, 0.05) is 50.5 Å². The Morgan fingerprint density at radius 1 is 0.933 bits per heavy atom. The first kappa shape index (κ1) is 37.8. The summed E-state index contributed by atoms with van der Waals surface area (Å²) in [6, 6.07) is 4.11. The van der Waals surface area contributed by atoms with E-state index in [4.69, 9.17) is 19.8 Å². The van der Waals surface area contributed by atoms with E-state index in [-0.39, 0.29) is 16.9 Å². The molecule has 4 heterocycles. The summed E-state index contributed by atoms with van der Waals surface area (Å²) >= 11 is 0. The van der Waals surface area contributed by atoms with Gasteiger partial charge in [-0.25, -0.2) is 9.59 Å². The highest BCUT2D eigenvalue weighted by molar-refractivity contribution is 5.86. The fraction of sp³-hybridized carbons (Fsp3) is 0.690. The first-order chi connectivity index (χ1) is 20.8. The molecule has 45 heavy (non-hydrogen) atoms. The first-order valence-electron chi connectivity index (χ1n) is 14.6. The molecular weight excluding hydrogens is 614 g/mol. The van der Waals surface area contributed by atoms with Crippen LogP contribution < -0.4 is 0 Å². The van der Waals surface area contributed by atoms with E-state index in [0.717, 1.165) is 71.4 Å². The number of rotatable bonds is 5. The van der Waals surface area contributed by atoms with Gasteiger partial charge in [-0.3, -0.25) is 19.5 Å². The summed E-state index contributed by atoms with van der Waals surface area (Å²) in [5, 5.41) is 14.2. The van der Waals surface area contributed by atoms with E-state index in [1.165, 1.54) is 5.56 Å². The van der Waals surface area contributed by atoms with Crippen molar-refractivity contribution < 1.29 is 55.7 Å². The minimum atomic E-state index is -5.08. The third-order valence-electron chi connectivity index (χ3n) is 8.31. The van der Waals surface area contributed by atoms with Gasteiger partial charge in [-0.15, -0.1) is 0 Å². The molecule has 0 aromatic carbocycles. The number of carboxylic acid groups (broad SMARTS) is 2. The van der Waals surface area contributed by atoms with Crippen LogP contribution in [0.5, 0.6) is 0 Å². The van der Waals surface area contributed by atoms with Gasteiger partial charge in [-0.1, -0.05) is 19.9 Å². The number of nitrogens with zero attached hydrogens (tertiary/aromatic N) is 4. The topological polar surface area (TPSA) is 131 Å². The molecule has 0 unspecified atom stereocenters. The Morgan fingerprint density at radius 3 is 1.84 bits per heavy atom. The lowest BCUT2D eigenvalue weighted by Crippen LogP contribution is -2.54. The molecule has 3 aliphatic heterocycles. The van der Waals surface area contributed by atoms with Gasteiger partial charge in [-0.2, -0.15) is 26.3 Å². The average molecular weight is 655 g/mol. The summed E-state index contributed by atoms with van der Waals surface area (Å²) in [6.45, 7) is 11.5. The molecule has 2 spiro atoms. The zero-order valence-electron chi connectivity index (χ0n) is 25.5. The number of piperidine rings is 2. The Labute approximate surface area is 257 Å². The SMILES string of the molecule is CCN1C(=O)C2(CCN(Cc3cccnc3)CC2)CC12CCN(C(=O)CC(C)C)CC2.O=C(O)C(F)(F)F.O=C(O)C(F)(F)F. The van der Waals surface area contributed by atoms with Crippen molar-refractivity contribution >= 4 is 23.8 Å². The molecule has 10 nitrogen and oxygen atoms in total. The van der Waals surface area contributed by atoms with Crippen molar-refractivity contribution in [2.24, 2.45) is 11.3 Å². The van der Waals surface area contributed by atoms with Gasteiger partial charge < -0.3 is 20.0 Å². The number of alkyl halides is 6. The Hall–Kier alpha value is -3.43. The van der Waals surface area contributed by atoms with Crippen LogP contribution in [-0.2, 0) is 25.7 Å². The maximum atomic E-state index is 13.6. The Balaban J connectivity index is 0.000000421. The van der Waals surface area contributed by atoms with Gasteiger partial charge in [0.2, 0.25) is 11.8 Å². The largest absolute Gasteiger partial charge is 0.490 e. The number of likely N-dealkylation sites (tertiary alicyclic amines) is 3. The smallest absolute Gasteiger partial charge is 0.475 e. The first-order valence-corrected chi connectivity index (χ1v) is 14.6. The van der Waals surface area contributed by atoms with Crippen molar-refractivity contribution in [2.75, 3.05) is 32.7 Å². The fourth-order valence-corrected chi connectivity index (χ4v) is 6.16. The third kappa shape index (κ3) is 10.3. The van der Waals surface area contributed by atoms with Crippen LogP contribution in [0.4, 0.5) is 26.3 Å². The van der Waals surface area contributed by atoms with Crippen molar-refractivity contribution in [3.8, 4) is 0 Å². The monoisotopic (exact) mass is 654 g/mol. The van der Waals surface area contributed by atoms with E-state index in [1.807, 2.05) is 23.4 Å².